The Labute approximate surface area is 104 Å². The maximum atomic E-state index is 13.0. The van der Waals surface area contributed by atoms with Crippen molar-refractivity contribution in [1.82, 2.24) is 0 Å². The van der Waals surface area contributed by atoms with Crippen molar-refractivity contribution in [3.63, 3.8) is 0 Å². The minimum atomic E-state index is -5.48. The third-order valence-electron chi connectivity index (χ3n) is 1.83. The molecule has 0 aliphatic carbocycles. The van der Waals surface area contributed by atoms with Gasteiger partial charge in [0.25, 0.3) is 0 Å². The van der Waals surface area contributed by atoms with Gasteiger partial charge in [-0.1, -0.05) is 23.2 Å². The van der Waals surface area contributed by atoms with Crippen LogP contribution in [0.15, 0.2) is 0 Å². The smallest absolute Gasteiger partial charge is 0.203 e. The summed E-state index contributed by atoms with van der Waals surface area (Å²) in [7, 11) is 0. The molecule has 0 atom stereocenters. The van der Waals surface area contributed by atoms with Crippen LogP contribution in [0.5, 0.6) is 0 Å². The van der Waals surface area contributed by atoms with Gasteiger partial charge in [0.1, 0.15) is 11.1 Å². The first-order valence-corrected chi connectivity index (χ1v) is 4.65. The molecule has 1 rings (SSSR count). The molecule has 0 spiro atoms. The number of hydrogen-bond donors (Lipinski definition) is 0. The molecule has 0 nitrogen and oxygen atoms in total. The van der Waals surface area contributed by atoms with Crippen LogP contribution in [-0.2, 0) is 12.4 Å². The molecule has 0 bridgehead atoms. The van der Waals surface area contributed by atoms with Crippen LogP contribution in [0.2, 0.25) is 10.0 Å². The van der Waals surface area contributed by atoms with Gasteiger partial charge in [0, 0.05) is 0 Å². The van der Waals surface area contributed by atoms with Crippen molar-refractivity contribution in [2.75, 3.05) is 0 Å². The highest BCUT2D eigenvalue weighted by atomic mass is 35.5. The van der Waals surface area contributed by atoms with Gasteiger partial charge >= 0.3 is 12.4 Å². The standard InChI is InChI=1S/C8Cl2F8/c9-3-1(7(13,14)15)5(11)6(12)2(4(3)10)8(16,17)18. The van der Waals surface area contributed by atoms with Crippen LogP contribution in [0.4, 0.5) is 35.1 Å². The number of rotatable bonds is 0. The van der Waals surface area contributed by atoms with Gasteiger partial charge in [0.05, 0.1) is 10.0 Å². The van der Waals surface area contributed by atoms with Crippen molar-refractivity contribution in [3.8, 4) is 0 Å². The Morgan fingerprint density at radius 3 is 1.00 bits per heavy atom. The van der Waals surface area contributed by atoms with Crippen molar-refractivity contribution in [2.45, 2.75) is 12.4 Å². The summed E-state index contributed by atoms with van der Waals surface area (Å²) in [6, 6.07) is 0. The minimum Gasteiger partial charge on any atom is -0.203 e. The third kappa shape index (κ3) is 2.49. The summed E-state index contributed by atoms with van der Waals surface area (Å²) in [5.41, 5.74) is -4.75. The van der Waals surface area contributed by atoms with Crippen LogP contribution >= 0.6 is 23.2 Å². The quantitative estimate of drug-likeness (QED) is 0.449. The van der Waals surface area contributed by atoms with Crippen LogP contribution in [-0.4, -0.2) is 0 Å². The molecule has 0 unspecified atom stereocenters. The largest absolute Gasteiger partial charge is 0.420 e. The highest BCUT2D eigenvalue weighted by molar-refractivity contribution is 6.43. The lowest BCUT2D eigenvalue weighted by atomic mass is 10.1. The van der Waals surface area contributed by atoms with Crippen LogP contribution in [0.1, 0.15) is 11.1 Å². The van der Waals surface area contributed by atoms with Gasteiger partial charge in [0.2, 0.25) is 0 Å². The monoisotopic (exact) mass is 318 g/mol. The van der Waals surface area contributed by atoms with Crippen molar-refractivity contribution < 1.29 is 35.1 Å². The van der Waals surface area contributed by atoms with Crippen molar-refractivity contribution >= 4 is 23.2 Å². The van der Waals surface area contributed by atoms with Crippen LogP contribution in [0.25, 0.3) is 0 Å². The van der Waals surface area contributed by atoms with E-state index in [0.29, 0.717) is 0 Å². The minimum absolute atomic E-state index is 1.74. The summed E-state index contributed by atoms with van der Waals surface area (Å²) < 4.78 is 99.6. The Morgan fingerprint density at radius 1 is 0.611 bits per heavy atom. The third-order valence-corrected chi connectivity index (χ3v) is 2.68. The van der Waals surface area contributed by atoms with Crippen molar-refractivity contribution in [3.05, 3.63) is 32.8 Å². The van der Waals surface area contributed by atoms with Crippen LogP contribution in [0.3, 0.4) is 0 Å². The zero-order chi connectivity index (χ0) is 14.5. The van der Waals surface area contributed by atoms with E-state index in [-0.39, 0.29) is 0 Å². The molecule has 10 heteroatoms. The molecule has 0 saturated carbocycles. The molecule has 0 fully saturated rings. The van der Waals surface area contributed by atoms with E-state index in [4.69, 9.17) is 23.2 Å². The molecule has 18 heavy (non-hydrogen) atoms. The van der Waals surface area contributed by atoms with E-state index in [1.165, 1.54) is 0 Å². The highest BCUT2D eigenvalue weighted by Crippen LogP contribution is 2.47. The first kappa shape index (κ1) is 15.3. The zero-order valence-electron chi connectivity index (χ0n) is 7.78. The molecule has 1 aromatic rings. The summed E-state index contributed by atoms with van der Waals surface area (Å²) in [5, 5.41) is -3.48. The topological polar surface area (TPSA) is 0 Å². The van der Waals surface area contributed by atoms with E-state index in [9.17, 15) is 35.1 Å². The maximum Gasteiger partial charge on any atom is 0.420 e. The summed E-state index contributed by atoms with van der Waals surface area (Å²) in [4.78, 5) is 0. The Kier molecular flexibility index (Phi) is 3.75. The van der Waals surface area contributed by atoms with Gasteiger partial charge in [-0.2, -0.15) is 26.3 Å². The molecule has 0 aliphatic heterocycles. The number of alkyl halides is 6. The first-order valence-electron chi connectivity index (χ1n) is 3.89. The molecule has 1 aromatic carbocycles. The number of benzene rings is 1. The number of hydrogen-bond acceptors (Lipinski definition) is 0. The van der Waals surface area contributed by atoms with E-state index in [1.54, 1.807) is 0 Å². The molecular formula is C8Cl2F8. The predicted molar refractivity (Wildman–Crippen MR) is 46.4 cm³/mol. The fourth-order valence-corrected chi connectivity index (χ4v) is 1.70. The Bertz CT molecular complexity index is 413. The van der Waals surface area contributed by atoms with E-state index in [1.807, 2.05) is 0 Å². The van der Waals surface area contributed by atoms with Crippen molar-refractivity contribution in [1.29, 1.82) is 0 Å². The maximum absolute atomic E-state index is 13.0. The summed E-state index contributed by atoms with van der Waals surface area (Å²) in [5.74, 6) is -5.49. The Morgan fingerprint density at radius 2 is 0.833 bits per heavy atom. The molecule has 0 radical (unpaired) electrons. The molecule has 0 aromatic heterocycles. The molecular weight excluding hydrogens is 319 g/mol. The van der Waals surface area contributed by atoms with Gasteiger partial charge in [0.15, 0.2) is 11.6 Å². The number of halogens is 10. The lowest BCUT2D eigenvalue weighted by molar-refractivity contribution is -0.145. The molecule has 0 N–H and O–H groups in total. The summed E-state index contributed by atoms with van der Waals surface area (Å²) in [6.45, 7) is 0. The molecule has 0 aliphatic rings. The lowest BCUT2D eigenvalue weighted by Crippen LogP contribution is -2.17. The second-order valence-electron chi connectivity index (χ2n) is 3.00. The van der Waals surface area contributed by atoms with Gasteiger partial charge < -0.3 is 0 Å². The van der Waals surface area contributed by atoms with Crippen molar-refractivity contribution in [2.24, 2.45) is 0 Å². The zero-order valence-corrected chi connectivity index (χ0v) is 9.29. The van der Waals surface area contributed by atoms with Crippen LogP contribution in [0, 0.1) is 11.6 Å². The average molecular weight is 319 g/mol. The van der Waals surface area contributed by atoms with Gasteiger partial charge in [-0.25, -0.2) is 8.78 Å². The molecule has 0 heterocycles. The molecule has 0 saturated heterocycles. The lowest BCUT2D eigenvalue weighted by Gasteiger charge is -2.17. The van der Waals surface area contributed by atoms with E-state index < -0.39 is 45.2 Å². The SMILES string of the molecule is Fc1c(F)c(C(F)(F)F)c(Cl)c(Cl)c1C(F)(F)F. The Hall–Kier alpha value is -0.760. The van der Waals surface area contributed by atoms with E-state index in [0.717, 1.165) is 0 Å². The second-order valence-corrected chi connectivity index (χ2v) is 3.76. The second kappa shape index (κ2) is 4.41. The van der Waals surface area contributed by atoms with Gasteiger partial charge in [-0.15, -0.1) is 0 Å². The summed E-state index contributed by atoms with van der Waals surface area (Å²) >= 11 is 9.82. The van der Waals surface area contributed by atoms with E-state index >= 15 is 0 Å². The average Bonchev–Trinajstić information content (AvgIpc) is 2.10. The molecule has 102 valence electrons. The fourth-order valence-electron chi connectivity index (χ4n) is 1.13. The van der Waals surface area contributed by atoms with Gasteiger partial charge in [-0.05, 0) is 0 Å². The Balaban J connectivity index is 3.79. The first-order chi connectivity index (χ1) is 7.89. The van der Waals surface area contributed by atoms with Crippen LogP contribution < -0.4 is 0 Å². The molecule has 0 amide bonds. The predicted octanol–water partition coefficient (Wildman–Crippen LogP) is 5.31. The van der Waals surface area contributed by atoms with E-state index in [2.05, 4.69) is 0 Å². The fraction of sp³-hybridized carbons (Fsp3) is 0.250. The normalized spacial score (nSPS) is 13.0. The highest BCUT2D eigenvalue weighted by Gasteiger charge is 2.46. The summed E-state index contributed by atoms with van der Waals surface area (Å²) in [6.07, 6.45) is -11.0. The van der Waals surface area contributed by atoms with Gasteiger partial charge in [-0.3, -0.25) is 0 Å².